The van der Waals surface area contributed by atoms with Crippen LogP contribution in [0, 0.1) is 5.82 Å². The molecule has 0 saturated heterocycles. The summed E-state index contributed by atoms with van der Waals surface area (Å²) in [7, 11) is 1.68. The average molecular weight is 461 g/mol. The van der Waals surface area contributed by atoms with Gasteiger partial charge in [0.2, 0.25) is 0 Å². The summed E-state index contributed by atoms with van der Waals surface area (Å²) in [5.41, 5.74) is 3.54. The number of sulfonamides is 1. The topological polar surface area (TPSA) is 92.1 Å². The average Bonchev–Trinajstić information content (AvgIpc) is 3.09. The number of halogens is 1. The normalized spacial score (nSPS) is 12.0. The maximum Gasteiger partial charge on any atom is 0.261 e. The van der Waals surface area contributed by atoms with Crippen LogP contribution in [-0.4, -0.2) is 48.8 Å². The van der Waals surface area contributed by atoms with Crippen molar-refractivity contribution in [3.8, 4) is 11.1 Å². The number of rotatable bonds is 9. The zero-order chi connectivity index (χ0) is 23.5. The fourth-order valence-corrected chi connectivity index (χ4v) is 4.34. The first-order valence-corrected chi connectivity index (χ1v) is 11.7. The summed E-state index contributed by atoms with van der Waals surface area (Å²) in [4.78, 5) is 6.06. The van der Waals surface area contributed by atoms with Crippen molar-refractivity contribution in [3.63, 3.8) is 0 Å². The first-order chi connectivity index (χ1) is 15.1. The quantitative estimate of drug-likeness (QED) is 0.477. The van der Waals surface area contributed by atoms with E-state index in [0.717, 1.165) is 16.8 Å². The Kier molecular flexibility index (Phi) is 7.27. The van der Waals surface area contributed by atoms with Crippen LogP contribution in [-0.2, 0) is 23.6 Å². The smallest absolute Gasteiger partial charge is 0.261 e. The molecule has 8 nitrogen and oxygen atoms in total. The van der Waals surface area contributed by atoms with Gasteiger partial charge in [0, 0.05) is 48.9 Å². The SMILES string of the molecule is CC(C)c1cc(F)cc(-c2cccnc2)c1NCNS(=O)(=O)c1cc(CN(C)C)n(C)n1. The number of aromatic nitrogens is 3. The summed E-state index contributed by atoms with van der Waals surface area (Å²) in [5, 5.41) is 7.23. The second-order valence-corrected chi connectivity index (χ2v) is 9.86. The number of aryl methyl sites for hydroxylation is 1. The highest BCUT2D eigenvalue weighted by atomic mass is 32.2. The molecule has 2 heterocycles. The molecule has 172 valence electrons. The van der Waals surface area contributed by atoms with Gasteiger partial charge in [0.25, 0.3) is 10.0 Å². The minimum atomic E-state index is -3.84. The van der Waals surface area contributed by atoms with E-state index in [4.69, 9.17) is 0 Å². The standard InChI is InChI=1S/C22H29FN6O2S/c1-15(2)19-9-17(23)10-20(16-7-6-8-24-12-16)22(19)25-14-26-32(30,31)21-11-18(13-28(3)4)29(5)27-21/h6-12,15,25-26H,13-14H2,1-5H3. The van der Waals surface area contributed by atoms with Gasteiger partial charge in [0.05, 0.1) is 12.4 Å². The largest absolute Gasteiger partial charge is 0.371 e. The Bertz CT molecular complexity index is 1180. The predicted octanol–water partition coefficient (Wildman–Crippen LogP) is 3.15. The molecule has 32 heavy (non-hydrogen) atoms. The van der Waals surface area contributed by atoms with Crippen LogP contribution < -0.4 is 10.0 Å². The second-order valence-electron chi connectivity index (χ2n) is 8.15. The third kappa shape index (κ3) is 5.50. The molecule has 0 fully saturated rings. The highest BCUT2D eigenvalue weighted by molar-refractivity contribution is 7.89. The molecule has 0 aliphatic heterocycles. The minimum Gasteiger partial charge on any atom is -0.371 e. The van der Waals surface area contributed by atoms with Crippen molar-refractivity contribution in [2.24, 2.45) is 7.05 Å². The van der Waals surface area contributed by atoms with Gasteiger partial charge in [0.1, 0.15) is 5.82 Å². The van der Waals surface area contributed by atoms with Gasteiger partial charge < -0.3 is 10.2 Å². The number of hydrogen-bond donors (Lipinski definition) is 2. The number of nitrogens with one attached hydrogen (secondary N) is 2. The van der Waals surface area contributed by atoms with E-state index < -0.39 is 10.0 Å². The van der Waals surface area contributed by atoms with E-state index in [9.17, 15) is 12.8 Å². The summed E-state index contributed by atoms with van der Waals surface area (Å²) in [5.74, 6) is -0.342. The molecule has 0 radical (unpaired) electrons. The van der Waals surface area contributed by atoms with Gasteiger partial charge in [0.15, 0.2) is 5.03 Å². The van der Waals surface area contributed by atoms with Crippen LogP contribution in [0.15, 0.2) is 47.8 Å². The number of benzene rings is 1. The van der Waals surface area contributed by atoms with E-state index in [1.165, 1.54) is 12.1 Å². The Hall–Kier alpha value is -2.82. The molecular formula is C22H29FN6O2S. The highest BCUT2D eigenvalue weighted by Crippen LogP contribution is 2.35. The lowest BCUT2D eigenvalue weighted by Crippen LogP contribution is -2.30. The molecule has 3 rings (SSSR count). The van der Waals surface area contributed by atoms with Crippen molar-refractivity contribution in [1.29, 1.82) is 0 Å². The lowest BCUT2D eigenvalue weighted by atomic mass is 9.94. The van der Waals surface area contributed by atoms with E-state index in [2.05, 4.69) is 20.1 Å². The fourth-order valence-electron chi connectivity index (χ4n) is 3.40. The summed E-state index contributed by atoms with van der Waals surface area (Å²) in [6.45, 7) is 4.40. The van der Waals surface area contributed by atoms with Crippen LogP contribution in [0.4, 0.5) is 10.1 Å². The lowest BCUT2D eigenvalue weighted by molar-refractivity contribution is 0.387. The van der Waals surface area contributed by atoms with Gasteiger partial charge in [-0.15, -0.1) is 0 Å². The Morgan fingerprint density at radius 1 is 1.22 bits per heavy atom. The van der Waals surface area contributed by atoms with E-state index in [0.29, 0.717) is 17.8 Å². The Morgan fingerprint density at radius 3 is 2.59 bits per heavy atom. The first kappa shape index (κ1) is 23.8. The first-order valence-electron chi connectivity index (χ1n) is 10.2. The fraction of sp³-hybridized carbons (Fsp3) is 0.364. The summed E-state index contributed by atoms with van der Waals surface area (Å²) in [6, 6.07) is 8.05. The van der Waals surface area contributed by atoms with Gasteiger partial charge in [-0.25, -0.2) is 12.8 Å². The Labute approximate surface area is 188 Å². The van der Waals surface area contributed by atoms with Gasteiger partial charge in [-0.3, -0.25) is 9.67 Å². The molecule has 0 amide bonds. The summed E-state index contributed by atoms with van der Waals surface area (Å²) < 4.78 is 44.0. The minimum absolute atomic E-state index is 0.0182. The van der Waals surface area contributed by atoms with Gasteiger partial charge >= 0.3 is 0 Å². The summed E-state index contributed by atoms with van der Waals surface area (Å²) in [6.07, 6.45) is 3.29. The third-order valence-corrected chi connectivity index (χ3v) is 6.24. The summed E-state index contributed by atoms with van der Waals surface area (Å²) >= 11 is 0. The van der Waals surface area contributed by atoms with E-state index >= 15 is 0 Å². The molecule has 2 aromatic heterocycles. The van der Waals surface area contributed by atoms with Crippen molar-refractivity contribution < 1.29 is 12.8 Å². The molecule has 3 aromatic rings. The van der Waals surface area contributed by atoms with Gasteiger partial charge in [-0.2, -0.15) is 9.82 Å². The molecule has 0 saturated carbocycles. The van der Waals surface area contributed by atoms with Crippen LogP contribution in [0.25, 0.3) is 11.1 Å². The molecule has 10 heteroatoms. The van der Waals surface area contributed by atoms with E-state index in [1.54, 1.807) is 36.3 Å². The molecule has 0 atom stereocenters. The van der Waals surface area contributed by atoms with Crippen molar-refractivity contribution >= 4 is 15.7 Å². The van der Waals surface area contributed by atoms with Gasteiger partial charge in [-0.1, -0.05) is 19.9 Å². The van der Waals surface area contributed by atoms with Crippen LogP contribution in [0.5, 0.6) is 0 Å². The number of nitrogens with zero attached hydrogens (tertiary/aromatic N) is 4. The van der Waals surface area contributed by atoms with Crippen LogP contribution >= 0.6 is 0 Å². The third-order valence-electron chi connectivity index (χ3n) is 4.96. The molecule has 0 spiro atoms. The predicted molar refractivity (Wildman–Crippen MR) is 123 cm³/mol. The second kappa shape index (κ2) is 9.76. The van der Waals surface area contributed by atoms with Crippen molar-refractivity contribution in [1.82, 2.24) is 24.4 Å². The highest BCUT2D eigenvalue weighted by Gasteiger charge is 2.21. The molecule has 0 unspecified atom stereocenters. The monoisotopic (exact) mass is 460 g/mol. The molecule has 2 N–H and O–H groups in total. The van der Waals surface area contributed by atoms with Gasteiger partial charge in [-0.05, 0) is 43.8 Å². The maximum absolute atomic E-state index is 14.3. The molecule has 0 aliphatic carbocycles. The van der Waals surface area contributed by atoms with Crippen molar-refractivity contribution in [3.05, 3.63) is 59.8 Å². The van der Waals surface area contributed by atoms with Crippen LogP contribution in [0.1, 0.15) is 31.0 Å². The number of anilines is 1. The number of hydrogen-bond acceptors (Lipinski definition) is 6. The Balaban J connectivity index is 1.85. The zero-order valence-corrected chi connectivity index (χ0v) is 19.7. The molecule has 1 aromatic carbocycles. The van der Waals surface area contributed by atoms with Crippen molar-refractivity contribution in [2.45, 2.75) is 31.3 Å². The molecular weight excluding hydrogens is 431 g/mol. The van der Waals surface area contributed by atoms with Crippen molar-refractivity contribution in [2.75, 3.05) is 26.1 Å². The van der Waals surface area contributed by atoms with Crippen LogP contribution in [0.3, 0.4) is 0 Å². The lowest BCUT2D eigenvalue weighted by Gasteiger charge is -2.19. The number of pyridine rings is 1. The maximum atomic E-state index is 14.3. The zero-order valence-electron chi connectivity index (χ0n) is 18.9. The Morgan fingerprint density at radius 2 is 1.97 bits per heavy atom. The molecule has 0 aliphatic rings. The van der Waals surface area contributed by atoms with E-state index in [-0.39, 0.29) is 23.4 Å². The molecule has 0 bridgehead atoms. The van der Waals surface area contributed by atoms with E-state index in [1.807, 2.05) is 38.9 Å². The van der Waals surface area contributed by atoms with Crippen LogP contribution in [0.2, 0.25) is 0 Å².